The molecule has 5 heteroatoms. The van der Waals surface area contributed by atoms with E-state index in [0.717, 1.165) is 0 Å². The Morgan fingerprint density at radius 2 is 1.90 bits per heavy atom. The molecule has 106 valence electrons. The number of benzene rings is 1. The minimum atomic E-state index is -0.261. The third-order valence-electron chi connectivity index (χ3n) is 3.07. The van der Waals surface area contributed by atoms with Crippen LogP contribution in [0.5, 0.6) is 0 Å². The number of carbonyl (C=O) groups is 2. The van der Waals surface area contributed by atoms with Crippen molar-refractivity contribution in [1.82, 2.24) is 9.80 Å². The predicted molar refractivity (Wildman–Crippen MR) is 76.0 cm³/mol. The maximum atomic E-state index is 12.2. The van der Waals surface area contributed by atoms with Crippen molar-refractivity contribution in [1.29, 1.82) is 5.26 Å². The number of rotatable bonds is 5. The van der Waals surface area contributed by atoms with Crippen molar-refractivity contribution in [2.24, 2.45) is 0 Å². The van der Waals surface area contributed by atoms with E-state index in [0.29, 0.717) is 24.2 Å². The lowest BCUT2D eigenvalue weighted by Gasteiger charge is -2.23. The molecule has 0 atom stereocenters. The van der Waals surface area contributed by atoms with Gasteiger partial charge in [-0.05, 0) is 32.0 Å². The molecule has 0 saturated heterocycles. The van der Waals surface area contributed by atoms with Crippen LogP contribution < -0.4 is 0 Å². The molecule has 5 nitrogen and oxygen atoms in total. The lowest BCUT2D eigenvalue weighted by atomic mass is 10.1. The molecule has 0 aliphatic carbocycles. The number of nitrogens with zero attached hydrogens (tertiary/aromatic N) is 3. The van der Waals surface area contributed by atoms with Gasteiger partial charge in [0.05, 0.1) is 18.2 Å². The molecule has 2 amide bonds. The summed E-state index contributed by atoms with van der Waals surface area (Å²) in [4.78, 5) is 27.2. The Bertz CT molecular complexity index is 530. The summed E-state index contributed by atoms with van der Waals surface area (Å²) in [7, 11) is 1.59. The fraction of sp³-hybridized carbons (Fsp3) is 0.400. The topological polar surface area (TPSA) is 64.4 Å². The Morgan fingerprint density at radius 3 is 2.45 bits per heavy atom. The SMILES string of the molecule is CCN(CC)C(=O)CN(C)C(=O)c1cccc(C#N)c1. The van der Waals surface area contributed by atoms with Gasteiger partial charge in [0.2, 0.25) is 5.91 Å². The first-order chi connectivity index (χ1) is 9.53. The normalized spacial score (nSPS) is 9.70. The van der Waals surface area contributed by atoms with Crippen LogP contribution in [0.1, 0.15) is 29.8 Å². The third kappa shape index (κ3) is 3.82. The van der Waals surface area contributed by atoms with Crippen molar-refractivity contribution in [3.63, 3.8) is 0 Å². The molecular weight excluding hydrogens is 254 g/mol. The van der Waals surface area contributed by atoms with Crippen LogP contribution in [0, 0.1) is 11.3 Å². The van der Waals surface area contributed by atoms with E-state index in [1.807, 2.05) is 19.9 Å². The second kappa shape index (κ2) is 7.29. The highest BCUT2D eigenvalue weighted by molar-refractivity contribution is 5.96. The van der Waals surface area contributed by atoms with Gasteiger partial charge in [-0.25, -0.2) is 0 Å². The van der Waals surface area contributed by atoms with E-state index in [9.17, 15) is 9.59 Å². The molecule has 0 fully saturated rings. The van der Waals surface area contributed by atoms with E-state index in [1.165, 1.54) is 11.0 Å². The smallest absolute Gasteiger partial charge is 0.254 e. The molecule has 0 spiro atoms. The summed E-state index contributed by atoms with van der Waals surface area (Å²) >= 11 is 0. The summed E-state index contributed by atoms with van der Waals surface area (Å²) < 4.78 is 0. The molecule has 1 rings (SSSR count). The summed E-state index contributed by atoms with van der Waals surface area (Å²) in [5.41, 5.74) is 0.846. The van der Waals surface area contributed by atoms with Gasteiger partial charge in [0, 0.05) is 25.7 Å². The number of amides is 2. The molecule has 0 N–H and O–H groups in total. The van der Waals surface area contributed by atoms with Crippen LogP contribution in [0.4, 0.5) is 0 Å². The zero-order valence-electron chi connectivity index (χ0n) is 12.1. The van der Waals surface area contributed by atoms with Gasteiger partial charge in [0.15, 0.2) is 0 Å². The van der Waals surface area contributed by atoms with Crippen molar-refractivity contribution < 1.29 is 9.59 Å². The number of nitriles is 1. The van der Waals surface area contributed by atoms with E-state index in [4.69, 9.17) is 5.26 Å². The zero-order chi connectivity index (χ0) is 15.1. The molecule has 0 aliphatic rings. The number of carbonyl (C=O) groups excluding carboxylic acids is 2. The van der Waals surface area contributed by atoms with Crippen LogP contribution in [0.15, 0.2) is 24.3 Å². The van der Waals surface area contributed by atoms with Crippen molar-refractivity contribution in [3.05, 3.63) is 35.4 Å². The zero-order valence-corrected chi connectivity index (χ0v) is 12.1. The fourth-order valence-electron chi connectivity index (χ4n) is 1.89. The van der Waals surface area contributed by atoms with E-state index >= 15 is 0 Å². The summed E-state index contributed by atoms with van der Waals surface area (Å²) in [5, 5.41) is 8.83. The molecule has 0 bridgehead atoms. The van der Waals surface area contributed by atoms with Gasteiger partial charge in [-0.2, -0.15) is 5.26 Å². The average molecular weight is 273 g/mol. The minimum absolute atomic E-state index is 0.0390. The minimum Gasteiger partial charge on any atom is -0.342 e. The highest BCUT2D eigenvalue weighted by Gasteiger charge is 2.17. The molecule has 0 heterocycles. The fourth-order valence-corrected chi connectivity index (χ4v) is 1.89. The third-order valence-corrected chi connectivity index (χ3v) is 3.07. The molecule has 1 aromatic rings. The Morgan fingerprint density at radius 1 is 1.25 bits per heavy atom. The maximum absolute atomic E-state index is 12.2. The van der Waals surface area contributed by atoms with Crippen molar-refractivity contribution in [2.45, 2.75) is 13.8 Å². The number of likely N-dealkylation sites (N-methyl/N-ethyl adjacent to an activating group) is 2. The Hall–Kier alpha value is -2.35. The quantitative estimate of drug-likeness (QED) is 0.816. The average Bonchev–Trinajstić information content (AvgIpc) is 2.47. The van der Waals surface area contributed by atoms with Crippen LogP contribution in [0.2, 0.25) is 0 Å². The second-order valence-electron chi connectivity index (χ2n) is 4.42. The summed E-state index contributed by atoms with van der Waals surface area (Å²) in [6, 6.07) is 8.46. The monoisotopic (exact) mass is 273 g/mol. The molecule has 20 heavy (non-hydrogen) atoms. The maximum Gasteiger partial charge on any atom is 0.254 e. The van der Waals surface area contributed by atoms with Gasteiger partial charge in [0.25, 0.3) is 5.91 Å². The molecule has 0 aliphatic heterocycles. The van der Waals surface area contributed by atoms with Crippen molar-refractivity contribution in [2.75, 3.05) is 26.7 Å². The summed E-state index contributed by atoms with van der Waals surface area (Å²) in [6.07, 6.45) is 0. The molecular formula is C15H19N3O2. The Labute approximate surface area is 119 Å². The highest BCUT2D eigenvalue weighted by Crippen LogP contribution is 2.07. The van der Waals surface area contributed by atoms with Crippen LogP contribution in [0.3, 0.4) is 0 Å². The van der Waals surface area contributed by atoms with E-state index in [2.05, 4.69) is 0 Å². The highest BCUT2D eigenvalue weighted by atomic mass is 16.2. The van der Waals surface area contributed by atoms with E-state index < -0.39 is 0 Å². The van der Waals surface area contributed by atoms with Gasteiger partial charge in [0.1, 0.15) is 0 Å². The second-order valence-corrected chi connectivity index (χ2v) is 4.42. The molecule has 0 aromatic heterocycles. The summed E-state index contributed by atoms with van der Waals surface area (Å²) in [6.45, 7) is 5.10. The first-order valence-electron chi connectivity index (χ1n) is 6.56. The van der Waals surface area contributed by atoms with E-state index in [-0.39, 0.29) is 18.4 Å². The molecule has 0 unspecified atom stereocenters. The lowest BCUT2D eigenvalue weighted by molar-refractivity contribution is -0.131. The largest absolute Gasteiger partial charge is 0.342 e. The van der Waals surface area contributed by atoms with Crippen molar-refractivity contribution in [3.8, 4) is 6.07 Å². The van der Waals surface area contributed by atoms with Gasteiger partial charge >= 0.3 is 0 Å². The van der Waals surface area contributed by atoms with E-state index in [1.54, 1.807) is 30.1 Å². The number of hydrogen-bond acceptors (Lipinski definition) is 3. The van der Waals surface area contributed by atoms with Gasteiger partial charge < -0.3 is 9.80 Å². The summed E-state index contributed by atoms with van der Waals surface area (Å²) in [5.74, 6) is -0.343. The molecule has 1 aromatic carbocycles. The molecule has 0 saturated carbocycles. The van der Waals surface area contributed by atoms with Crippen LogP contribution in [-0.4, -0.2) is 48.3 Å². The molecule has 0 radical (unpaired) electrons. The van der Waals surface area contributed by atoms with Crippen LogP contribution >= 0.6 is 0 Å². The first-order valence-corrected chi connectivity index (χ1v) is 6.56. The Balaban J connectivity index is 2.77. The van der Waals surface area contributed by atoms with Crippen LogP contribution in [-0.2, 0) is 4.79 Å². The van der Waals surface area contributed by atoms with Gasteiger partial charge in [-0.15, -0.1) is 0 Å². The number of hydrogen-bond donors (Lipinski definition) is 0. The predicted octanol–water partition coefficient (Wildman–Crippen LogP) is 1.50. The van der Waals surface area contributed by atoms with Crippen LogP contribution in [0.25, 0.3) is 0 Å². The van der Waals surface area contributed by atoms with Gasteiger partial charge in [-0.1, -0.05) is 6.07 Å². The first kappa shape index (κ1) is 15.7. The van der Waals surface area contributed by atoms with Crippen molar-refractivity contribution >= 4 is 11.8 Å². The standard InChI is InChI=1S/C15H19N3O2/c1-4-18(5-2)14(19)11-17(3)15(20)13-8-6-7-12(9-13)10-16/h6-9H,4-5,11H2,1-3H3. The lowest BCUT2D eigenvalue weighted by Crippen LogP contribution is -2.41. The Kier molecular flexibility index (Phi) is 5.73. The van der Waals surface area contributed by atoms with Gasteiger partial charge in [-0.3, -0.25) is 9.59 Å².